The molecule has 2 N–H and O–H groups in total. The highest BCUT2D eigenvalue weighted by Crippen LogP contribution is 2.27. The van der Waals surface area contributed by atoms with Gasteiger partial charge < -0.3 is 10.6 Å². The van der Waals surface area contributed by atoms with Crippen LogP contribution in [0.3, 0.4) is 0 Å². The van der Waals surface area contributed by atoms with E-state index in [1.165, 1.54) is 23.4 Å². The normalized spacial score (nSPS) is 17.9. The van der Waals surface area contributed by atoms with Crippen molar-refractivity contribution in [2.75, 3.05) is 19.6 Å². The number of hydrogen-bond donors (Lipinski definition) is 2. The van der Waals surface area contributed by atoms with Gasteiger partial charge in [0.25, 0.3) is 0 Å². The average Bonchev–Trinajstić information content (AvgIpc) is 2.68. The molecule has 1 aliphatic heterocycles. The van der Waals surface area contributed by atoms with Crippen LogP contribution in [-0.2, 0) is 19.6 Å². The van der Waals surface area contributed by atoms with E-state index in [2.05, 4.69) is 10.6 Å². The fourth-order valence-electron chi connectivity index (χ4n) is 3.30. The summed E-state index contributed by atoms with van der Waals surface area (Å²) < 4.78 is 41.1. The Morgan fingerprint density at radius 3 is 2.55 bits per heavy atom. The number of halogens is 1. The zero-order valence-electron chi connectivity index (χ0n) is 17.2. The molecule has 1 fully saturated rings. The van der Waals surface area contributed by atoms with E-state index >= 15 is 0 Å². The highest BCUT2D eigenvalue weighted by Gasteiger charge is 2.33. The molecule has 0 radical (unpaired) electrons. The van der Waals surface area contributed by atoms with E-state index in [1.807, 2.05) is 13.8 Å². The van der Waals surface area contributed by atoms with Crippen LogP contribution in [0.4, 0.5) is 4.39 Å². The van der Waals surface area contributed by atoms with E-state index in [0.29, 0.717) is 25.9 Å². The van der Waals surface area contributed by atoms with Gasteiger partial charge in [-0.1, -0.05) is 20.3 Å². The Morgan fingerprint density at radius 2 is 1.90 bits per heavy atom. The summed E-state index contributed by atoms with van der Waals surface area (Å²) in [4.78, 5) is 23.7. The molecule has 7 nitrogen and oxygen atoms in total. The number of piperidine rings is 1. The van der Waals surface area contributed by atoms with Gasteiger partial charge in [-0.15, -0.1) is 0 Å². The molecule has 1 aliphatic rings. The number of carbonyl (C=O) groups excluding carboxylic acids is 2. The Labute approximate surface area is 172 Å². The molecule has 1 aromatic rings. The third-order valence-electron chi connectivity index (χ3n) is 4.95. The molecule has 162 valence electrons. The Balaban J connectivity index is 1.99. The van der Waals surface area contributed by atoms with E-state index in [4.69, 9.17) is 0 Å². The maximum atomic E-state index is 13.5. The van der Waals surface area contributed by atoms with Gasteiger partial charge in [0.2, 0.25) is 10.0 Å². The van der Waals surface area contributed by atoms with Gasteiger partial charge in [0.1, 0.15) is 5.82 Å². The molecule has 0 unspecified atom stereocenters. The lowest BCUT2D eigenvalue weighted by Crippen LogP contribution is -2.46. The molecule has 9 heteroatoms. The third-order valence-corrected chi connectivity index (χ3v) is 6.90. The van der Waals surface area contributed by atoms with Crippen molar-refractivity contribution in [3.63, 3.8) is 0 Å². The van der Waals surface area contributed by atoms with Crippen LogP contribution in [0.15, 0.2) is 23.1 Å². The van der Waals surface area contributed by atoms with Gasteiger partial charge in [0.15, 0.2) is 0 Å². The van der Waals surface area contributed by atoms with Crippen molar-refractivity contribution in [1.82, 2.24) is 14.9 Å². The van der Waals surface area contributed by atoms with E-state index in [9.17, 15) is 22.4 Å². The molecule has 0 bridgehead atoms. The summed E-state index contributed by atoms with van der Waals surface area (Å²) in [7, 11) is -3.76. The minimum atomic E-state index is -3.76. The van der Waals surface area contributed by atoms with Crippen LogP contribution in [0, 0.1) is 18.7 Å². The Hall–Kier alpha value is -2.00. The van der Waals surface area contributed by atoms with E-state index < -0.39 is 27.7 Å². The zero-order valence-corrected chi connectivity index (χ0v) is 18.0. The summed E-state index contributed by atoms with van der Waals surface area (Å²) >= 11 is 0. The van der Waals surface area contributed by atoms with Crippen LogP contribution in [-0.4, -0.2) is 50.2 Å². The van der Waals surface area contributed by atoms with E-state index in [1.54, 1.807) is 0 Å². The molecule has 0 saturated carbocycles. The second-order valence-corrected chi connectivity index (χ2v) is 9.72. The summed E-state index contributed by atoms with van der Waals surface area (Å²) in [5, 5.41) is 5.11. The number of nitrogens with one attached hydrogen (secondary N) is 2. The first kappa shape index (κ1) is 23.3. The van der Waals surface area contributed by atoms with Gasteiger partial charge in [0, 0.05) is 25.7 Å². The molecule has 1 atom stereocenters. The van der Waals surface area contributed by atoms with Gasteiger partial charge in [0.05, 0.1) is 4.90 Å². The fourth-order valence-corrected chi connectivity index (χ4v) is 5.11. The largest absolute Gasteiger partial charge is 0.348 e. The molecule has 0 aromatic heterocycles. The summed E-state index contributed by atoms with van der Waals surface area (Å²) in [6, 6.07) is 3.51. The van der Waals surface area contributed by atoms with Crippen LogP contribution in [0.5, 0.6) is 0 Å². The predicted molar refractivity (Wildman–Crippen MR) is 108 cm³/mol. The lowest BCUT2D eigenvalue weighted by Gasteiger charge is -2.34. The number of aryl methyl sites for hydroxylation is 1. The van der Waals surface area contributed by atoms with Gasteiger partial charge in [-0.3, -0.25) is 9.59 Å². The van der Waals surface area contributed by atoms with E-state index in [-0.39, 0.29) is 29.0 Å². The van der Waals surface area contributed by atoms with Crippen LogP contribution in [0.25, 0.3) is 0 Å². The first-order valence-electron chi connectivity index (χ1n) is 9.97. The zero-order chi connectivity index (χ0) is 21.6. The topological polar surface area (TPSA) is 95.6 Å². The molecular weight excluding hydrogens is 397 g/mol. The van der Waals surface area contributed by atoms with Crippen molar-refractivity contribution in [1.29, 1.82) is 0 Å². The summed E-state index contributed by atoms with van der Waals surface area (Å²) in [6.45, 7) is 6.39. The molecule has 2 amide bonds. The van der Waals surface area contributed by atoms with Gasteiger partial charge in [-0.2, -0.15) is 4.31 Å². The monoisotopic (exact) mass is 427 g/mol. The number of rotatable bonds is 7. The maximum absolute atomic E-state index is 13.5. The van der Waals surface area contributed by atoms with Crippen molar-refractivity contribution in [3.05, 3.63) is 29.6 Å². The molecule has 1 heterocycles. The SMILES string of the molecule is Cc1cc(S(=O)(=O)N2CCCC[C@@H]2CCNC(=O)C(=O)NCC(C)C)ccc1F. The minimum absolute atomic E-state index is 0.0698. The van der Waals surface area contributed by atoms with Gasteiger partial charge >= 0.3 is 11.8 Å². The average molecular weight is 428 g/mol. The van der Waals surface area contributed by atoms with Gasteiger partial charge in [-0.05, 0) is 55.9 Å². The summed E-state index contributed by atoms with van der Waals surface area (Å²) in [5.41, 5.74) is 0.277. The Kier molecular flexibility index (Phi) is 8.15. The van der Waals surface area contributed by atoms with Crippen molar-refractivity contribution < 1.29 is 22.4 Å². The standard InChI is InChI=1S/C20H30FN3O4S/c1-14(2)13-23-20(26)19(25)22-10-9-16-6-4-5-11-24(16)29(27,28)17-7-8-18(21)15(3)12-17/h7-8,12,14,16H,4-6,9-11,13H2,1-3H3,(H,22,25)(H,23,26)/t16-/m1/s1. The third kappa shape index (κ3) is 6.24. The van der Waals surface area contributed by atoms with Crippen molar-refractivity contribution >= 4 is 21.8 Å². The molecule has 1 saturated heterocycles. The molecule has 2 rings (SSSR count). The lowest BCUT2D eigenvalue weighted by atomic mass is 10.0. The van der Waals surface area contributed by atoms with Crippen molar-refractivity contribution in [2.24, 2.45) is 5.92 Å². The van der Waals surface area contributed by atoms with Crippen LogP contribution in [0.1, 0.15) is 45.1 Å². The number of sulfonamides is 1. The van der Waals surface area contributed by atoms with Gasteiger partial charge in [-0.25, -0.2) is 12.8 Å². The smallest absolute Gasteiger partial charge is 0.309 e. The molecule has 1 aromatic carbocycles. The first-order valence-corrected chi connectivity index (χ1v) is 11.4. The van der Waals surface area contributed by atoms with Crippen LogP contribution < -0.4 is 10.6 Å². The highest BCUT2D eigenvalue weighted by atomic mass is 32.2. The molecule has 0 spiro atoms. The number of carbonyl (C=O) groups is 2. The quantitative estimate of drug-likeness (QED) is 0.650. The number of hydrogen-bond acceptors (Lipinski definition) is 4. The number of nitrogens with zero attached hydrogens (tertiary/aromatic N) is 1. The second-order valence-electron chi connectivity index (χ2n) is 7.82. The summed E-state index contributed by atoms with van der Waals surface area (Å²) in [5.74, 6) is -1.61. The van der Waals surface area contributed by atoms with E-state index in [0.717, 1.165) is 18.9 Å². The van der Waals surface area contributed by atoms with Crippen molar-refractivity contribution in [2.45, 2.75) is 57.4 Å². The first-order chi connectivity index (χ1) is 13.6. The fraction of sp³-hybridized carbons (Fsp3) is 0.600. The molecule has 0 aliphatic carbocycles. The number of benzene rings is 1. The number of amides is 2. The molecule has 29 heavy (non-hydrogen) atoms. The second kappa shape index (κ2) is 10.2. The van der Waals surface area contributed by atoms with Crippen LogP contribution in [0.2, 0.25) is 0 Å². The summed E-state index contributed by atoms with van der Waals surface area (Å²) in [6.07, 6.45) is 2.72. The Bertz CT molecular complexity index is 842. The predicted octanol–water partition coefficient (Wildman–Crippen LogP) is 1.96. The highest BCUT2D eigenvalue weighted by molar-refractivity contribution is 7.89. The minimum Gasteiger partial charge on any atom is -0.348 e. The van der Waals surface area contributed by atoms with Crippen LogP contribution >= 0.6 is 0 Å². The molecular formula is C20H30FN3O4S. The maximum Gasteiger partial charge on any atom is 0.309 e. The Morgan fingerprint density at radius 1 is 1.21 bits per heavy atom. The lowest BCUT2D eigenvalue weighted by molar-refractivity contribution is -0.139. The van der Waals surface area contributed by atoms with Crippen molar-refractivity contribution in [3.8, 4) is 0 Å².